The highest BCUT2D eigenvalue weighted by Crippen LogP contribution is 2.47. The monoisotopic (exact) mass is 240 g/mol. The fourth-order valence-corrected chi connectivity index (χ4v) is 3.38. The lowest BCUT2D eigenvalue weighted by atomic mass is 9.78. The van der Waals surface area contributed by atoms with Gasteiger partial charge in [0, 0.05) is 19.6 Å². The molecular formula is C8H14F2N2O2S. The molecule has 2 fully saturated rings. The van der Waals surface area contributed by atoms with Crippen molar-refractivity contribution in [3.05, 3.63) is 0 Å². The number of rotatable bonds is 2. The molecule has 2 aliphatic heterocycles. The molecule has 0 aliphatic carbocycles. The lowest BCUT2D eigenvalue weighted by molar-refractivity contribution is -0.133. The van der Waals surface area contributed by atoms with Crippen LogP contribution in [0.4, 0.5) is 8.78 Å². The molecule has 0 saturated carbocycles. The minimum atomic E-state index is -3.30. The lowest BCUT2D eigenvalue weighted by Gasteiger charge is -2.49. The summed E-state index contributed by atoms with van der Waals surface area (Å²) in [5.41, 5.74) is -1.16. The van der Waals surface area contributed by atoms with Gasteiger partial charge in [0.05, 0.1) is 17.7 Å². The van der Waals surface area contributed by atoms with Gasteiger partial charge >= 0.3 is 0 Å². The molecule has 0 aromatic heterocycles. The SMILES string of the molecule is CCS(=O)(=O)N1CC2(CNCC2(F)F)C1. The van der Waals surface area contributed by atoms with Gasteiger partial charge in [0.25, 0.3) is 5.92 Å². The third-order valence-electron chi connectivity index (χ3n) is 3.30. The highest BCUT2D eigenvalue weighted by molar-refractivity contribution is 7.89. The first kappa shape index (κ1) is 11.2. The number of sulfonamides is 1. The maximum Gasteiger partial charge on any atom is 0.269 e. The number of nitrogens with one attached hydrogen (secondary N) is 1. The third kappa shape index (κ3) is 1.48. The van der Waals surface area contributed by atoms with Crippen LogP contribution in [0.5, 0.6) is 0 Å². The van der Waals surface area contributed by atoms with E-state index < -0.39 is 21.4 Å². The molecule has 2 heterocycles. The van der Waals surface area contributed by atoms with Gasteiger partial charge in [-0.05, 0) is 6.92 Å². The smallest absolute Gasteiger partial charge is 0.269 e. The Bertz CT molecular complexity index is 363. The van der Waals surface area contributed by atoms with Crippen molar-refractivity contribution in [3.8, 4) is 0 Å². The molecule has 2 rings (SSSR count). The fraction of sp³-hybridized carbons (Fsp3) is 1.00. The molecule has 0 unspecified atom stereocenters. The summed E-state index contributed by atoms with van der Waals surface area (Å²) >= 11 is 0. The van der Waals surface area contributed by atoms with E-state index in [1.165, 1.54) is 6.92 Å². The van der Waals surface area contributed by atoms with Crippen LogP contribution in [0.1, 0.15) is 6.92 Å². The van der Waals surface area contributed by atoms with Gasteiger partial charge in [-0.2, -0.15) is 0 Å². The van der Waals surface area contributed by atoms with E-state index in [0.717, 1.165) is 4.31 Å². The molecular weight excluding hydrogens is 226 g/mol. The first-order valence-corrected chi connectivity index (χ1v) is 6.50. The van der Waals surface area contributed by atoms with Gasteiger partial charge in [-0.3, -0.25) is 0 Å². The summed E-state index contributed by atoms with van der Waals surface area (Å²) < 4.78 is 50.8. The standard InChI is InChI=1S/C8H14F2N2O2S/c1-2-15(13,14)12-5-7(6-12)3-11-4-8(7,9)10/h11H,2-6H2,1H3. The van der Waals surface area contributed by atoms with Crippen molar-refractivity contribution in [3.63, 3.8) is 0 Å². The molecule has 4 nitrogen and oxygen atoms in total. The normalized spacial score (nSPS) is 29.3. The second kappa shape index (κ2) is 3.11. The highest BCUT2D eigenvalue weighted by Gasteiger charge is 2.64. The molecule has 7 heteroatoms. The van der Waals surface area contributed by atoms with Crippen molar-refractivity contribution in [1.82, 2.24) is 9.62 Å². The second-order valence-electron chi connectivity index (χ2n) is 4.26. The van der Waals surface area contributed by atoms with Crippen LogP contribution in [0.25, 0.3) is 0 Å². The van der Waals surface area contributed by atoms with Crippen LogP contribution in [-0.4, -0.2) is 50.6 Å². The van der Waals surface area contributed by atoms with Crippen LogP contribution >= 0.6 is 0 Å². The van der Waals surface area contributed by atoms with Crippen molar-refractivity contribution in [1.29, 1.82) is 0 Å². The Kier molecular flexibility index (Phi) is 2.33. The van der Waals surface area contributed by atoms with Gasteiger partial charge in [0.15, 0.2) is 0 Å². The maximum atomic E-state index is 13.4. The van der Waals surface area contributed by atoms with Crippen LogP contribution in [0, 0.1) is 5.41 Å². The molecule has 0 aromatic rings. The predicted octanol–water partition coefficient (Wildman–Crippen LogP) is -0.123. The Morgan fingerprint density at radius 1 is 1.33 bits per heavy atom. The van der Waals surface area contributed by atoms with Crippen LogP contribution in [0.3, 0.4) is 0 Å². The number of nitrogens with zero attached hydrogens (tertiary/aromatic N) is 1. The lowest BCUT2D eigenvalue weighted by Crippen LogP contribution is -2.65. The summed E-state index contributed by atoms with van der Waals surface area (Å²) in [5.74, 6) is -2.81. The molecule has 2 saturated heterocycles. The predicted molar refractivity (Wildman–Crippen MR) is 51.3 cm³/mol. The summed E-state index contributed by atoms with van der Waals surface area (Å²) in [6, 6.07) is 0. The highest BCUT2D eigenvalue weighted by atomic mass is 32.2. The van der Waals surface area contributed by atoms with Gasteiger partial charge in [0.2, 0.25) is 10.0 Å². The molecule has 0 aromatic carbocycles. The summed E-state index contributed by atoms with van der Waals surface area (Å²) in [5, 5.41) is 2.62. The molecule has 0 bridgehead atoms. The van der Waals surface area contributed by atoms with E-state index in [4.69, 9.17) is 0 Å². The largest absolute Gasteiger partial charge is 0.310 e. The summed E-state index contributed by atoms with van der Waals surface area (Å²) in [4.78, 5) is 0. The van der Waals surface area contributed by atoms with Gasteiger partial charge in [0.1, 0.15) is 0 Å². The van der Waals surface area contributed by atoms with Gasteiger partial charge in [-0.15, -0.1) is 0 Å². The number of halogens is 2. The topological polar surface area (TPSA) is 49.4 Å². The average molecular weight is 240 g/mol. The van der Waals surface area contributed by atoms with Crippen molar-refractivity contribution in [2.75, 3.05) is 31.9 Å². The van der Waals surface area contributed by atoms with Crippen molar-refractivity contribution in [2.45, 2.75) is 12.8 Å². The Labute approximate surface area is 87.7 Å². The van der Waals surface area contributed by atoms with Crippen LogP contribution in [-0.2, 0) is 10.0 Å². The summed E-state index contributed by atoms with van der Waals surface area (Å²) in [6.45, 7) is 1.28. The van der Waals surface area contributed by atoms with Crippen LogP contribution < -0.4 is 5.32 Å². The number of hydrogen-bond acceptors (Lipinski definition) is 3. The van der Waals surface area contributed by atoms with Gasteiger partial charge in [-0.25, -0.2) is 21.5 Å². The molecule has 1 spiro atoms. The van der Waals surface area contributed by atoms with E-state index >= 15 is 0 Å². The van der Waals surface area contributed by atoms with E-state index in [1.54, 1.807) is 0 Å². The average Bonchev–Trinajstić information content (AvgIpc) is 2.38. The fourth-order valence-electron chi connectivity index (χ4n) is 2.13. The molecule has 1 N–H and O–H groups in total. The Morgan fingerprint density at radius 3 is 2.33 bits per heavy atom. The van der Waals surface area contributed by atoms with E-state index in [-0.39, 0.29) is 31.9 Å². The Balaban J connectivity index is 2.10. The van der Waals surface area contributed by atoms with E-state index in [0.29, 0.717) is 0 Å². The molecule has 0 atom stereocenters. The minimum Gasteiger partial charge on any atom is -0.310 e. The Hall–Kier alpha value is -0.270. The zero-order valence-corrected chi connectivity index (χ0v) is 9.28. The van der Waals surface area contributed by atoms with E-state index in [2.05, 4.69) is 5.32 Å². The van der Waals surface area contributed by atoms with Crippen molar-refractivity contribution in [2.24, 2.45) is 5.41 Å². The maximum absolute atomic E-state index is 13.4. The summed E-state index contributed by atoms with van der Waals surface area (Å²) in [7, 11) is -3.30. The first-order chi connectivity index (χ1) is 6.83. The molecule has 15 heavy (non-hydrogen) atoms. The molecule has 2 aliphatic rings. The quantitative estimate of drug-likeness (QED) is 0.732. The van der Waals surface area contributed by atoms with E-state index in [9.17, 15) is 17.2 Å². The van der Waals surface area contributed by atoms with Crippen LogP contribution in [0.2, 0.25) is 0 Å². The minimum absolute atomic E-state index is 0.0257. The third-order valence-corrected chi connectivity index (χ3v) is 5.08. The Morgan fingerprint density at radius 2 is 1.93 bits per heavy atom. The molecule has 0 radical (unpaired) electrons. The number of alkyl halides is 2. The summed E-state index contributed by atoms with van der Waals surface area (Å²) in [6.07, 6.45) is 0. The van der Waals surface area contributed by atoms with Gasteiger partial charge < -0.3 is 5.32 Å². The van der Waals surface area contributed by atoms with Crippen molar-refractivity contribution < 1.29 is 17.2 Å². The second-order valence-corrected chi connectivity index (χ2v) is 6.51. The molecule has 88 valence electrons. The molecule has 0 amide bonds. The van der Waals surface area contributed by atoms with E-state index in [1.807, 2.05) is 0 Å². The van der Waals surface area contributed by atoms with Gasteiger partial charge in [-0.1, -0.05) is 0 Å². The zero-order valence-electron chi connectivity index (χ0n) is 8.46. The van der Waals surface area contributed by atoms with Crippen molar-refractivity contribution >= 4 is 10.0 Å². The first-order valence-electron chi connectivity index (χ1n) is 4.89. The number of hydrogen-bond donors (Lipinski definition) is 1. The zero-order chi connectivity index (χ0) is 11.3. The van der Waals surface area contributed by atoms with Crippen LogP contribution in [0.15, 0.2) is 0 Å².